The number of nitrogens with zero attached hydrogens (tertiary/aromatic N) is 1. The van der Waals surface area contributed by atoms with E-state index in [1.54, 1.807) is 54.6 Å². The second-order valence-corrected chi connectivity index (χ2v) is 8.08. The van der Waals surface area contributed by atoms with Crippen LogP contribution < -0.4 is 15.4 Å². The molecule has 1 fully saturated rings. The van der Waals surface area contributed by atoms with Crippen LogP contribution in [-0.2, 0) is 9.59 Å². The first-order valence-corrected chi connectivity index (χ1v) is 10.8. The molecule has 2 N–H and O–H groups in total. The molecule has 0 unspecified atom stereocenters. The van der Waals surface area contributed by atoms with E-state index in [1.165, 1.54) is 7.11 Å². The number of methoxy groups -OCH3 is 1. The number of carbonyl (C=O) groups excluding carboxylic acids is 4. The molecule has 1 aliphatic rings. The van der Waals surface area contributed by atoms with Gasteiger partial charge in [0.15, 0.2) is 0 Å². The largest absolute Gasteiger partial charge is 0.497 e. The standard InChI is InChI=1S/C22H20ClN3O5S/c1-31-17-8-4-15(5-9-17)20(28)25-13-19(27)24-10-11-26-21(29)18(32-22(26)30)12-14-2-6-16(23)7-3-14/h2-9,12H,10-11,13H2,1H3,(H,24,27)(H,25,28)/b18-12+. The Kier molecular flexibility index (Phi) is 7.91. The number of benzene rings is 2. The molecule has 166 valence electrons. The van der Waals surface area contributed by atoms with E-state index in [9.17, 15) is 19.2 Å². The molecule has 1 aliphatic heterocycles. The average molecular weight is 474 g/mol. The number of hydrogen-bond acceptors (Lipinski definition) is 6. The van der Waals surface area contributed by atoms with E-state index in [4.69, 9.17) is 16.3 Å². The number of nitrogens with one attached hydrogen (secondary N) is 2. The lowest BCUT2D eigenvalue weighted by molar-refractivity contribution is -0.124. The van der Waals surface area contributed by atoms with Crippen molar-refractivity contribution >= 4 is 52.4 Å². The zero-order valence-electron chi connectivity index (χ0n) is 17.1. The van der Waals surface area contributed by atoms with Crippen LogP contribution >= 0.6 is 23.4 Å². The minimum Gasteiger partial charge on any atom is -0.497 e. The van der Waals surface area contributed by atoms with Gasteiger partial charge in [-0.3, -0.25) is 24.1 Å². The number of amides is 4. The fourth-order valence-electron chi connectivity index (χ4n) is 2.78. The Bertz CT molecular complexity index is 1050. The van der Waals surface area contributed by atoms with Gasteiger partial charge in [-0.15, -0.1) is 0 Å². The summed E-state index contributed by atoms with van der Waals surface area (Å²) in [7, 11) is 1.53. The minimum atomic E-state index is -0.435. The molecule has 1 heterocycles. The molecule has 0 bridgehead atoms. The van der Waals surface area contributed by atoms with Crippen LogP contribution in [0.2, 0.25) is 5.02 Å². The highest BCUT2D eigenvalue weighted by Gasteiger charge is 2.34. The van der Waals surface area contributed by atoms with Gasteiger partial charge in [0.1, 0.15) is 5.75 Å². The minimum absolute atomic E-state index is 0.0286. The number of carbonyl (C=O) groups is 4. The molecule has 10 heteroatoms. The van der Waals surface area contributed by atoms with Crippen molar-refractivity contribution in [2.45, 2.75) is 0 Å². The Morgan fingerprint density at radius 1 is 1.06 bits per heavy atom. The third kappa shape index (κ3) is 6.12. The molecule has 8 nitrogen and oxygen atoms in total. The summed E-state index contributed by atoms with van der Waals surface area (Å²) in [5.41, 5.74) is 1.14. The van der Waals surface area contributed by atoms with Crippen LogP contribution in [0.4, 0.5) is 4.79 Å². The van der Waals surface area contributed by atoms with Gasteiger partial charge in [0.05, 0.1) is 18.6 Å². The Balaban J connectivity index is 1.44. The number of imide groups is 1. The highest BCUT2D eigenvalue weighted by Crippen LogP contribution is 2.32. The van der Waals surface area contributed by atoms with Crippen LogP contribution in [0, 0.1) is 0 Å². The summed E-state index contributed by atoms with van der Waals surface area (Å²) in [6.45, 7) is -0.131. The van der Waals surface area contributed by atoms with Crippen molar-refractivity contribution in [3.63, 3.8) is 0 Å². The fourth-order valence-corrected chi connectivity index (χ4v) is 3.77. The normalized spacial score (nSPS) is 14.6. The molecule has 0 aromatic heterocycles. The van der Waals surface area contributed by atoms with E-state index in [0.717, 1.165) is 22.2 Å². The lowest BCUT2D eigenvalue weighted by Gasteiger charge is -2.13. The average Bonchev–Trinajstić information content (AvgIpc) is 3.06. The lowest BCUT2D eigenvalue weighted by Crippen LogP contribution is -2.41. The van der Waals surface area contributed by atoms with Gasteiger partial charge in [0, 0.05) is 23.7 Å². The Morgan fingerprint density at radius 3 is 2.41 bits per heavy atom. The molecule has 3 rings (SSSR count). The Labute approximate surface area is 193 Å². The lowest BCUT2D eigenvalue weighted by atomic mass is 10.2. The summed E-state index contributed by atoms with van der Waals surface area (Å²) in [6.07, 6.45) is 1.62. The summed E-state index contributed by atoms with van der Waals surface area (Å²) in [6, 6.07) is 13.3. The maximum atomic E-state index is 12.5. The van der Waals surface area contributed by atoms with Crippen molar-refractivity contribution < 1.29 is 23.9 Å². The van der Waals surface area contributed by atoms with Crippen LogP contribution in [0.3, 0.4) is 0 Å². The summed E-state index contributed by atoms with van der Waals surface area (Å²) >= 11 is 6.69. The van der Waals surface area contributed by atoms with E-state index in [1.807, 2.05) is 0 Å². The van der Waals surface area contributed by atoms with Gasteiger partial charge in [0.25, 0.3) is 17.1 Å². The van der Waals surface area contributed by atoms with Gasteiger partial charge in [-0.25, -0.2) is 0 Å². The molecule has 2 aromatic carbocycles. The summed E-state index contributed by atoms with van der Waals surface area (Å²) in [5, 5.41) is 5.26. The molecule has 1 saturated heterocycles. The van der Waals surface area contributed by atoms with E-state index < -0.39 is 23.0 Å². The molecule has 0 radical (unpaired) electrons. The fraction of sp³-hybridized carbons (Fsp3) is 0.182. The van der Waals surface area contributed by atoms with Crippen LogP contribution in [0.15, 0.2) is 53.4 Å². The van der Waals surface area contributed by atoms with Crippen LogP contribution in [0.25, 0.3) is 6.08 Å². The zero-order valence-corrected chi connectivity index (χ0v) is 18.7. The van der Waals surface area contributed by atoms with Crippen molar-refractivity contribution in [1.29, 1.82) is 0 Å². The van der Waals surface area contributed by atoms with E-state index in [0.29, 0.717) is 21.2 Å². The molecular weight excluding hydrogens is 454 g/mol. The number of thioether (sulfide) groups is 1. The third-order valence-corrected chi connectivity index (χ3v) is 5.62. The van der Waals surface area contributed by atoms with Gasteiger partial charge in [0.2, 0.25) is 5.91 Å². The number of ether oxygens (including phenoxy) is 1. The van der Waals surface area contributed by atoms with E-state index in [-0.39, 0.29) is 19.6 Å². The second kappa shape index (κ2) is 10.8. The molecular formula is C22H20ClN3O5S. The Morgan fingerprint density at radius 2 is 1.75 bits per heavy atom. The zero-order chi connectivity index (χ0) is 23.1. The summed E-state index contributed by atoms with van der Waals surface area (Å²) < 4.78 is 5.03. The first kappa shape index (κ1) is 23.4. The topological polar surface area (TPSA) is 105 Å². The molecule has 0 aliphatic carbocycles. The van der Waals surface area contributed by atoms with E-state index >= 15 is 0 Å². The summed E-state index contributed by atoms with van der Waals surface area (Å²) in [5.74, 6) is -0.636. The molecule has 0 spiro atoms. The second-order valence-electron chi connectivity index (χ2n) is 6.65. The molecule has 0 saturated carbocycles. The maximum absolute atomic E-state index is 12.5. The van der Waals surface area contributed by atoms with Crippen molar-refractivity contribution in [3.8, 4) is 5.75 Å². The van der Waals surface area contributed by atoms with Crippen molar-refractivity contribution in [2.75, 3.05) is 26.7 Å². The summed E-state index contributed by atoms with van der Waals surface area (Å²) in [4.78, 5) is 50.1. The third-order valence-electron chi connectivity index (χ3n) is 4.46. The van der Waals surface area contributed by atoms with Crippen molar-refractivity contribution in [1.82, 2.24) is 15.5 Å². The van der Waals surface area contributed by atoms with Crippen molar-refractivity contribution in [2.24, 2.45) is 0 Å². The van der Waals surface area contributed by atoms with Gasteiger partial charge >= 0.3 is 0 Å². The smallest absolute Gasteiger partial charge is 0.293 e. The highest BCUT2D eigenvalue weighted by molar-refractivity contribution is 8.18. The van der Waals surface area contributed by atoms with E-state index in [2.05, 4.69) is 10.6 Å². The number of hydrogen-bond donors (Lipinski definition) is 2. The van der Waals surface area contributed by atoms with Crippen LogP contribution in [-0.4, -0.2) is 54.6 Å². The van der Waals surface area contributed by atoms with Gasteiger partial charge in [-0.2, -0.15) is 0 Å². The van der Waals surface area contributed by atoms with Crippen LogP contribution in [0.1, 0.15) is 15.9 Å². The van der Waals surface area contributed by atoms with Crippen LogP contribution in [0.5, 0.6) is 5.75 Å². The molecule has 32 heavy (non-hydrogen) atoms. The quantitative estimate of drug-likeness (QED) is 0.571. The number of rotatable bonds is 8. The molecule has 2 aromatic rings. The predicted octanol–water partition coefficient (Wildman–Crippen LogP) is 2.93. The maximum Gasteiger partial charge on any atom is 0.293 e. The first-order chi connectivity index (χ1) is 15.4. The molecule has 4 amide bonds. The Hall–Kier alpha value is -3.30. The first-order valence-electron chi connectivity index (χ1n) is 9.57. The predicted molar refractivity (Wildman–Crippen MR) is 122 cm³/mol. The monoisotopic (exact) mass is 473 g/mol. The van der Waals surface area contributed by atoms with Gasteiger partial charge in [-0.05, 0) is 59.8 Å². The highest BCUT2D eigenvalue weighted by atomic mass is 35.5. The number of halogens is 1. The molecule has 0 atom stereocenters. The van der Waals surface area contributed by atoms with Gasteiger partial charge < -0.3 is 15.4 Å². The van der Waals surface area contributed by atoms with Gasteiger partial charge in [-0.1, -0.05) is 23.7 Å². The SMILES string of the molecule is COc1ccc(C(=O)NCC(=O)NCCN2C(=O)S/C(=C/c3ccc(Cl)cc3)C2=O)cc1. The van der Waals surface area contributed by atoms with Crippen molar-refractivity contribution in [3.05, 3.63) is 69.6 Å².